The lowest BCUT2D eigenvalue weighted by atomic mass is 10.2. The van der Waals surface area contributed by atoms with Gasteiger partial charge in [-0.15, -0.1) is 0 Å². The standard InChI is InChI=1S/C11H14N4S/c12-6-10-9(13)3-4-11(15-10)14-7-8-2-1-5-16-8/h3-4,8H,1-2,5,7,13H2,(H,14,15). The number of thioether (sulfide) groups is 1. The minimum absolute atomic E-state index is 0.295. The Labute approximate surface area is 99.2 Å². The highest BCUT2D eigenvalue weighted by molar-refractivity contribution is 8.00. The molecule has 0 amide bonds. The van der Waals surface area contributed by atoms with Gasteiger partial charge in [0.15, 0.2) is 5.69 Å². The second-order valence-electron chi connectivity index (χ2n) is 3.76. The van der Waals surface area contributed by atoms with Gasteiger partial charge in [-0.2, -0.15) is 17.0 Å². The van der Waals surface area contributed by atoms with E-state index in [0.29, 0.717) is 16.6 Å². The van der Waals surface area contributed by atoms with Crippen molar-refractivity contribution in [3.8, 4) is 6.07 Å². The summed E-state index contributed by atoms with van der Waals surface area (Å²) >= 11 is 1.99. The Morgan fingerprint density at radius 3 is 3.19 bits per heavy atom. The average Bonchev–Trinajstić information content (AvgIpc) is 2.81. The molecule has 1 saturated heterocycles. The molecule has 1 aliphatic rings. The highest BCUT2D eigenvalue weighted by atomic mass is 32.2. The molecule has 0 bridgehead atoms. The number of nitrogens with zero attached hydrogens (tertiary/aromatic N) is 2. The van der Waals surface area contributed by atoms with Crippen LogP contribution in [0.2, 0.25) is 0 Å². The number of anilines is 2. The summed E-state index contributed by atoms with van der Waals surface area (Å²) in [6.07, 6.45) is 2.56. The van der Waals surface area contributed by atoms with E-state index >= 15 is 0 Å². The molecule has 1 aromatic rings. The second kappa shape index (κ2) is 5.08. The minimum atomic E-state index is 0.295. The van der Waals surface area contributed by atoms with E-state index in [-0.39, 0.29) is 0 Å². The van der Waals surface area contributed by atoms with Crippen LogP contribution >= 0.6 is 11.8 Å². The molecule has 0 radical (unpaired) electrons. The number of nitrogens with two attached hydrogens (primary N) is 1. The van der Waals surface area contributed by atoms with Crippen LogP contribution in [0.15, 0.2) is 12.1 Å². The molecule has 0 aromatic carbocycles. The molecule has 2 rings (SSSR count). The van der Waals surface area contributed by atoms with Crippen molar-refractivity contribution < 1.29 is 0 Å². The van der Waals surface area contributed by atoms with Gasteiger partial charge in [0.1, 0.15) is 11.9 Å². The molecular weight excluding hydrogens is 220 g/mol. The molecule has 0 saturated carbocycles. The van der Waals surface area contributed by atoms with Crippen LogP contribution < -0.4 is 11.1 Å². The molecule has 5 heteroatoms. The third-order valence-electron chi connectivity index (χ3n) is 2.57. The first kappa shape index (κ1) is 11.1. The predicted molar refractivity (Wildman–Crippen MR) is 67.3 cm³/mol. The van der Waals surface area contributed by atoms with Crippen molar-refractivity contribution in [3.05, 3.63) is 17.8 Å². The number of pyridine rings is 1. The topological polar surface area (TPSA) is 74.7 Å². The van der Waals surface area contributed by atoms with E-state index in [9.17, 15) is 0 Å². The zero-order valence-electron chi connectivity index (χ0n) is 8.94. The van der Waals surface area contributed by atoms with Crippen LogP contribution in [0.25, 0.3) is 0 Å². The number of nitrogen functional groups attached to an aromatic ring is 1. The number of aromatic nitrogens is 1. The van der Waals surface area contributed by atoms with E-state index in [4.69, 9.17) is 11.0 Å². The van der Waals surface area contributed by atoms with Crippen molar-refractivity contribution in [2.24, 2.45) is 0 Å². The highest BCUT2D eigenvalue weighted by Gasteiger charge is 2.15. The Kier molecular flexibility index (Phi) is 3.52. The van der Waals surface area contributed by atoms with Crippen molar-refractivity contribution >= 4 is 23.3 Å². The van der Waals surface area contributed by atoms with Crippen molar-refractivity contribution in [1.82, 2.24) is 4.98 Å². The molecular formula is C11H14N4S. The molecule has 1 fully saturated rings. The maximum Gasteiger partial charge on any atom is 0.165 e. The first-order valence-electron chi connectivity index (χ1n) is 5.31. The third kappa shape index (κ3) is 2.58. The lowest BCUT2D eigenvalue weighted by molar-refractivity contribution is 0.803. The molecule has 16 heavy (non-hydrogen) atoms. The fraction of sp³-hybridized carbons (Fsp3) is 0.455. The smallest absolute Gasteiger partial charge is 0.165 e. The van der Waals surface area contributed by atoms with E-state index in [1.807, 2.05) is 23.9 Å². The van der Waals surface area contributed by atoms with Gasteiger partial charge in [0.2, 0.25) is 0 Å². The molecule has 2 heterocycles. The van der Waals surface area contributed by atoms with Crippen LogP contribution in [-0.2, 0) is 0 Å². The summed E-state index contributed by atoms with van der Waals surface area (Å²) in [7, 11) is 0. The summed E-state index contributed by atoms with van der Waals surface area (Å²) in [5.41, 5.74) is 6.33. The Balaban J connectivity index is 1.96. The Morgan fingerprint density at radius 1 is 1.62 bits per heavy atom. The van der Waals surface area contributed by atoms with Gasteiger partial charge in [-0.3, -0.25) is 0 Å². The molecule has 4 nitrogen and oxygen atoms in total. The molecule has 0 aliphatic carbocycles. The van der Waals surface area contributed by atoms with Gasteiger partial charge in [-0.25, -0.2) is 4.98 Å². The largest absolute Gasteiger partial charge is 0.396 e. The first-order chi connectivity index (χ1) is 7.79. The molecule has 3 N–H and O–H groups in total. The molecule has 1 unspecified atom stereocenters. The number of hydrogen-bond acceptors (Lipinski definition) is 5. The van der Waals surface area contributed by atoms with Gasteiger partial charge < -0.3 is 11.1 Å². The summed E-state index contributed by atoms with van der Waals surface area (Å²) in [5, 5.41) is 12.7. The summed E-state index contributed by atoms with van der Waals surface area (Å²) in [4.78, 5) is 4.15. The van der Waals surface area contributed by atoms with E-state index in [1.165, 1.54) is 18.6 Å². The van der Waals surface area contributed by atoms with Crippen LogP contribution in [-0.4, -0.2) is 22.5 Å². The second-order valence-corrected chi connectivity index (χ2v) is 5.17. The zero-order valence-corrected chi connectivity index (χ0v) is 9.76. The van der Waals surface area contributed by atoms with E-state index < -0.39 is 0 Å². The monoisotopic (exact) mass is 234 g/mol. The summed E-state index contributed by atoms with van der Waals surface area (Å²) in [6.45, 7) is 0.909. The SMILES string of the molecule is N#Cc1nc(NCC2CCCS2)ccc1N. The minimum Gasteiger partial charge on any atom is -0.396 e. The van der Waals surface area contributed by atoms with Gasteiger partial charge in [0, 0.05) is 11.8 Å². The molecule has 1 aliphatic heterocycles. The van der Waals surface area contributed by atoms with Crippen LogP contribution in [0.3, 0.4) is 0 Å². The Hall–Kier alpha value is -1.41. The number of hydrogen-bond donors (Lipinski definition) is 2. The van der Waals surface area contributed by atoms with Gasteiger partial charge in [0.25, 0.3) is 0 Å². The van der Waals surface area contributed by atoms with Crippen molar-refractivity contribution in [2.75, 3.05) is 23.3 Å². The fourth-order valence-electron chi connectivity index (χ4n) is 1.68. The number of rotatable bonds is 3. The van der Waals surface area contributed by atoms with Gasteiger partial charge in [-0.1, -0.05) is 0 Å². The maximum atomic E-state index is 8.80. The van der Waals surface area contributed by atoms with E-state index in [2.05, 4.69) is 10.3 Å². The average molecular weight is 234 g/mol. The van der Waals surface area contributed by atoms with Crippen LogP contribution in [0.5, 0.6) is 0 Å². The Bertz CT molecular complexity index is 407. The fourth-order valence-corrected chi connectivity index (χ4v) is 2.88. The summed E-state index contributed by atoms with van der Waals surface area (Å²) < 4.78 is 0. The van der Waals surface area contributed by atoms with Gasteiger partial charge in [-0.05, 0) is 30.7 Å². The van der Waals surface area contributed by atoms with Crippen LogP contribution in [0.1, 0.15) is 18.5 Å². The van der Waals surface area contributed by atoms with E-state index in [0.717, 1.165) is 12.4 Å². The number of nitriles is 1. The molecule has 1 atom stereocenters. The molecule has 84 valence electrons. The van der Waals surface area contributed by atoms with Crippen LogP contribution in [0.4, 0.5) is 11.5 Å². The molecule has 1 aromatic heterocycles. The van der Waals surface area contributed by atoms with Crippen molar-refractivity contribution in [1.29, 1.82) is 5.26 Å². The molecule has 0 spiro atoms. The van der Waals surface area contributed by atoms with Gasteiger partial charge >= 0.3 is 0 Å². The first-order valence-corrected chi connectivity index (χ1v) is 6.36. The Morgan fingerprint density at radius 2 is 2.50 bits per heavy atom. The summed E-state index contributed by atoms with van der Waals surface area (Å²) in [5.74, 6) is 1.99. The van der Waals surface area contributed by atoms with Gasteiger partial charge in [0.05, 0.1) is 5.69 Å². The summed E-state index contributed by atoms with van der Waals surface area (Å²) in [6, 6.07) is 5.52. The van der Waals surface area contributed by atoms with Crippen molar-refractivity contribution in [2.45, 2.75) is 18.1 Å². The predicted octanol–water partition coefficient (Wildman–Crippen LogP) is 1.84. The lowest BCUT2D eigenvalue weighted by Crippen LogP contribution is -2.14. The van der Waals surface area contributed by atoms with E-state index in [1.54, 1.807) is 6.07 Å². The highest BCUT2D eigenvalue weighted by Crippen LogP contribution is 2.26. The third-order valence-corrected chi connectivity index (χ3v) is 3.97. The lowest BCUT2D eigenvalue weighted by Gasteiger charge is -2.10. The van der Waals surface area contributed by atoms with Crippen molar-refractivity contribution in [3.63, 3.8) is 0 Å². The van der Waals surface area contributed by atoms with Crippen LogP contribution in [0, 0.1) is 11.3 Å². The number of nitrogens with one attached hydrogen (secondary N) is 1. The maximum absolute atomic E-state index is 8.80. The normalized spacial score (nSPS) is 19.3. The quantitative estimate of drug-likeness (QED) is 0.834. The zero-order chi connectivity index (χ0) is 11.4.